The van der Waals surface area contributed by atoms with Crippen molar-refractivity contribution in [1.29, 1.82) is 0 Å². The number of nitrogens with zero attached hydrogens (tertiary/aromatic N) is 6. The van der Waals surface area contributed by atoms with Gasteiger partial charge in [-0.1, -0.05) is 0 Å². The summed E-state index contributed by atoms with van der Waals surface area (Å²) in [6.07, 6.45) is 0. The minimum Gasteiger partial charge on any atom is -0.322 e. The summed E-state index contributed by atoms with van der Waals surface area (Å²) >= 11 is 0. The fourth-order valence-corrected chi connectivity index (χ4v) is 2.60. The number of carbonyl (C=O) groups excluding carboxylic acids is 1. The highest BCUT2D eigenvalue weighted by molar-refractivity contribution is 5.93. The normalized spacial score (nSPS) is 12.2. The molecule has 3 aromatic rings. The first-order valence-electron chi connectivity index (χ1n) is 7.75. The molecule has 0 saturated heterocycles. The number of aromatic nitrogens is 6. The number of aryl methyl sites for hydroxylation is 3. The van der Waals surface area contributed by atoms with Gasteiger partial charge in [0, 0.05) is 5.69 Å². The first kappa shape index (κ1) is 16.7. The monoisotopic (exact) mass is 343 g/mol. The zero-order valence-corrected chi connectivity index (χ0v) is 14.4. The van der Waals surface area contributed by atoms with E-state index in [0.717, 1.165) is 11.4 Å². The Bertz CT molecular complexity index is 930. The van der Waals surface area contributed by atoms with E-state index in [1.807, 2.05) is 19.9 Å². The van der Waals surface area contributed by atoms with E-state index in [2.05, 4.69) is 25.9 Å². The average molecular weight is 343 g/mol. The maximum absolute atomic E-state index is 14.1. The number of rotatable bonds is 4. The van der Waals surface area contributed by atoms with Crippen LogP contribution in [0, 0.1) is 26.6 Å². The van der Waals surface area contributed by atoms with Gasteiger partial charge in [-0.2, -0.15) is 9.78 Å². The predicted octanol–water partition coefficient (Wildman–Crippen LogP) is 2.12. The minimum absolute atomic E-state index is 0.0609. The quantitative estimate of drug-likeness (QED) is 0.783. The number of hydrogen-bond donors (Lipinski definition) is 1. The Morgan fingerprint density at radius 3 is 2.60 bits per heavy atom. The molecule has 0 unspecified atom stereocenters. The van der Waals surface area contributed by atoms with Crippen LogP contribution >= 0.6 is 0 Å². The van der Waals surface area contributed by atoms with Gasteiger partial charge < -0.3 is 5.32 Å². The zero-order valence-electron chi connectivity index (χ0n) is 14.4. The molecule has 0 saturated carbocycles. The molecule has 1 N–H and O–H groups in total. The SMILES string of the molecule is Cc1cc(C)n([C@@H](C)C(=O)Nc2cc(-n3nnnc3C)ccc2F)n1. The van der Waals surface area contributed by atoms with Crippen molar-refractivity contribution < 1.29 is 9.18 Å². The summed E-state index contributed by atoms with van der Waals surface area (Å²) in [6.45, 7) is 7.16. The molecule has 8 nitrogen and oxygen atoms in total. The number of amides is 1. The molecular formula is C16H18FN7O. The number of nitrogens with one attached hydrogen (secondary N) is 1. The Kier molecular flexibility index (Phi) is 4.30. The lowest BCUT2D eigenvalue weighted by molar-refractivity contribution is -0.119. The molecule has 0 aliphatic rings. The fourth-order valence-electron chi connectivity index (χ4n) is 2.60. The highest BCUT2D eigenvalue weighted by Crippen LogP contribution is 2.21. The maximum Gasteiger partial charge on any atom is 0.249 e. The lowest BCUT2D eigenvalue weighted by atomic mass is 10.2. The van der Waals surface area contributed by atoms with Crippen LogP contribution in [-0.4, -0.2) is 35.9 Å². The maximum atomic E-state index is 14.1. The summed E-state index contributed by atoms with van der Waals surface area (Å²) in [5, 5.41) is 18.1. The molecule has 130 valence electrons. The highest BCUT2D eigenvalue weighted by Gasteiger charge is 2.19. The Morgan fingerprint density at radius 1 is 1.24 bits per heavy atom. The number of hydrogen-bond acceptors (Lipinski definition) is 5. The van der Waals surface area contributed by atoms with Crippen molar-refractivity contribution >= 4 is 11.6 Å². The molecule has 0 radical (unpaired) electrons. The smallest absolute Gasteiger partial charge is 0.249 e. The van der Waals surface area contributed by atoms with Gasteiger partial charge in [-0.15, -0.1) is 5.10 Å². The van der Waals surface area contributed by atoms with Crippen LogP contribution in [0.4, 0.5) is 10.1 Å². The summed E-state index contributed by atoms with van der Waals surface area (Å²) in [4.78, 5) is 12.5. The molecular weight excluding hydrogens is 325 g/mol. The van der Waals surface area contributed by atoms with Crippen LogP contribution in [0.3, 0.4) is 0 Å². The second kappa shape index (κ2) is 6.42. The summed E-state index contributed by atoms with van der Waals surface area (Å²) in [7, 11) is 0. The molecule has 9 heteroatoms. The van der Waals surface area contributed by atoms with Crippen molar-refractivity contribution in [3.8, 4) is 5.69 Å². The van der Waals surface area contributed by atoms with E-state index in [1.165, 1.54) is 16.8 Å². The third-order valence-electron chi connectivity index (χ3n) is 3.87. The Labute approximate surface area is 143 Å². The first-order chi connectivity index (χ1) is 11.9. The lowest BCUT2D eigenvalue weighted by Crippen LogP contribution is -2.25. The van der Waals surface area contributed by atoms with Gasteiger partial charge in [-0.25, -0.2) is 4.39 Å². The zero-order chi connectivity index (χ0) is 18.1. The van der Waals surface area contributed by atoms with Crippen LogP contribution in [0.15, 0.2) is 24.3 Å². The summed E-state index contributed by atoms with van der Waals surface area (Å²) < 4.78 is 17.2. The van der Waals surface area contributed by atoms with E-state index < -0.39 is 11.9 Å². The van der Waals surface area contributed by atoms with Crippen molar-refractivity contribution in [3.63, 3.8) is 0 Å². The molecule has 0 spiro atoms. The molecule has 0 aliphatic carbocycles. The van der Waals surface area contributed by atoms with Crippen LogP contribution in [0.1, 0.15) is 30.2 Å². The van der Waals surface area contributed by atoms with E-state index in [0.29, 0.717) is 11.5 Å². The summed E-state index contributed by atoms with van der Waals surface area (Å²) in [5.41, 5.74) is 2.29. The van der Waals surface area contributed by atoms with Gasteiger partial charge in [0.05, 0.1) is 17.1 Å². The van der Waals surface area contributed by atoms with Gasteiger partial charge in [0.2, 0.25) is 5.91 Å². The minimum atomic E-state index is -0.577. The number of benzene rings is 1. The van der Waals surface area contributed by atoms with Crippen molar-refractivity contribution in [2.75, 3.05) is 5.32 Å². The fraction of sp³-hybridized carbons (Fsp3) is 0.312. The van der Waals surface area contributed by atoms with E-state index in [9.17, 15) is 9.18 Å². The van der Waals surface area contributed by atoms with Gasteiger partial charge in [-0.05, 0) is 62.4 Å². The number of anilines is 1. The predicted molar refractivity (Wildman–Crippen MR) is 88.9 cm³/mol. The van der Waals surface area contributed by atoms with Crippen molar-refractivity contribution in [2.45, 2.75) is 33.7 Å². The number of halogens is 1. The highest BCUT2D eigenvalue weighted by atomic mass is 19.1. The van der Waals surface area contributed by atoms with E-state index >= 15 is 0 Å². The van der Waals surface area contributed by atoms with E-state index in [4.69, 9.17) is 0 Å². The van der Waals surface area contributed by atoms with Crippen molar-refractivity contribution in [3.05, 3.63) is 47.3 Å². The lowest BCUT2D eigenvalue weighted by Gasteiger charge is -2.15. The Hall–Kier alpha value is -3.10. The first-order valence-corrected chi connectivity index (χ1v) is 7.75. The van der Waals surface area contributed by atoms with Gasteiger partial charge in [0.1, 0.15) is 11.9 Å². The van der Waals surface area contributed by atoms with Gasteiger partial charge >= 0.3 is 0 Å². The molecule has 0 aliphatic heterocycles. The average Bonchev–Trinajstić information content (AvgIpc) is 3.13. The molecule has 2 heterocycles. The Morgan fingerprint density at radius 2 is 2.00 bits per heavy atom. The molecule has 1 atom stereocenters. The molecule has 0 fully saturated rings. The van der Waals surface area contributed by atoms with Crippen molar-refractivity contribution in [1.82, 2.24) is 30.0 Å². The standard InChI is InChI=1S/C16H18FN7O/c1-9-7-10(2)23(20-9)11(3)16(25)18-15-8-13(5-6-14(15)17)24-12(4)19-21-22-24/h5-8,11H,1-4H3,(H,18,25)/t11-/m0/s1. The van der Waals surface area contributed by atoms with Gasteiger partial charge in [-0.3, -0.25) is 9.48 Å². The second-order valence-corrected chi connectivity index (χ2v) is 5.84. The third-order valence-corrected chi connectivity index (χ3v) is 3.87. The van der Waals surface area contributed by atoms with E-state index in [-0.39, 0.29) is 11.6 Å². The number of carbonyl (C=O) groups is 1. The molecule has 2 aromatic heterocycles. The molecule has 1 amide bonds. The van der Waals surface area contributed by atoms with Gasteiger partial charge in [0.25, 0.3) is 0 Å². The van der Waals surface area contributed by atoms with Crippen LogP contribution in [0.5, 0.6) is 0 Å². The van der Waals surface area contributed by atoms with Crippen LogP contribution < -0.4 is 5.32 Å². The van der Waals surface area contributed by atoms with Crippen LogP contribution in [-0.2, 0) is 4.79 Å². The topological polar surface area (TPSA) is 90.5 Å². The summed E-state index contributed by atoms with van der Waals surface area (Å²) in [5.74, 6) is -0.348. The molecule has 25 heavy (non-hydrogen) atoms. The second-order valence-electron chi connectivity index (χ2n) is 5.84. The molecule has 1 aromatic carbocycles. The Balaban J connectivity index is 1.86. The van der Waals surface area contributed by atoms with Crippen molar-refractivity contribution in [2.24, 2.45) is 0 Å². The van der Waals surface area contributed by atoms with E-state index in [1.54, 1.807) is 24.6 Å². The largest absolute Gasteiger partial charge is 0.322 e. The van der Waals surface area contributed by atoms with Gasteiger partial charge in [0.15, 0.2) is 5.82 Å². The third kappa shape index (κ3) is 3.25. The summed E-state index contributed by atoms with van der Waals surface area (Å²) in [6, 6.07) is 5.60. The molecule has 3 rings (SSSR count). The van der Waals surface area contributed by atoms with Crippen LogP contribution in [0.25, 0.3) is 5.69 Å². The number of tetrazole rings is 1. The molecule has 0 bridgehead atoms. The van der Waals surface area contributed by atoms with Crippen LogP contribution in [0.2, 0.25) is 0 Å².